The van der Waals surface area contributed by atoms with Crippen LogP contribution < -0.4 is 5.73 Å². The summed E-state index contributed by atoms with van der Waals surface area (Å²) in [4.78, 5) is 20.5. The van der Waals surface area contributed by atoms with E-state index in [2.05, 4.69) is 9.97 Å². The Labute approximate surface area is 105 Å². The van der Waals surface area contributed by atoms with Crippen molar-refractivity contribution in [3.8, 4) is 11.4 Å². The molecule has 0 radical (unpaired) electrons. The highest BCUT2D eigenvalue weighted by Gasteiger charge is 2.23. The van der Waals surface area contributed by atoms with Gasteiger partial charge >= 0.3 is 0 Å². The predicted octanol–water partition coefficient (Wildman–Crippen LogP) is 2.24. The van der Waals surface area contributed by atoms with Crippen molar-refractivity contribution in [3.05, 3.63) is 41.6 Å². The SMILES string of the molecule is Nc1nc(-c2ccccc2)nc2c1C(=O)CCC2. The number of aromatic nitrogens is 2. The maximum atomic E-state index is 11.8. The van der Waals surface area contributed by atoms with Gasteiger partial charge in [-0.3, -0.25) is 4.79 Å². The maximum absolute atomic E-state index is 11.8. The van der Waals surface area contributed by atoms with Gasteiger partial charge in [-0.2, -0.15) is 0 Å². The average molecular weight is 239 g/mol. The van der Waals surface area contributed by atoms with Crippen LogP contribution in [0.3, 0.4) is 0 Å². The Bertz CT molecular complexity index is 608. The van der Waals surface area contributed by atoms with E-state index in [4.69, 9.17) is 5.73 Å². The average Bonchev–Trinajstić information content (AvgIpc) is 2.39. The number of hydrogen-bond acceptors (Lipinski definition) is 4. The zero-order valence-corrected chi connectivity index (χ0v) is 9.89. The van der Waals surface area contributed by atoms with Crippen molar-refractivity contribution in [2.24, 2.45) is 0 Å². The van der Waals surface area contributed by atoms with Gasteiger partial charge in [0, 0.05) is 12.0 Å². The predicted molar refractivity (Wildman–Crippen MR) is 69.1 cm³/mol. The van der Waals surface area contributed by atoms with E-state index in [0.717, 1.165) is 24.1 Å². The number of benzene rings is 1. The summed E-state index contributed by atoms with van der Waals surface area (Å²) in [5, 5.41) is 0. The normalized spacial score (nSPS) is 14.3. The van der Waals surface area contributed by atoms with Gasteiger partial charge in [0.25, 0.3) is 0 Å². The summed E-state index contributed by atoms with van der Waals surface area (Å²) in [6.45, 7) is 0. The van der Waals surface area contributed by atoms with Gasteiger partial charge in [-0.25, -0.2) is 9.97 Å². The van der Waals surface area contributed by atoms with Crippen LogP contribution in [0.25, 0.3) is 11.4 Å². The minimum absolute atomic E-state index is 0.0633. The summed E-state index contributed by atoms with van der Waals surface area (Å²) in [6.07, 6.45) is 2.19. The molecular formula is C14H13N3O. The highest BCUT2D eigenvalue weighted by molar-refractivity contribution is 6.02. The molecule has 0 fully saturated rings. The minimum atomic E-state index is 0.0633. The third-order valence-electron chi connectivity index (χ3n) is 3.14. The summed E-state index contributed by atoms with van der Waals surface area (Å²) in [6, 6.07) is 9.67. The van der Waals surface area contributed by atoms with Gasteiger partial charge in [-0.05, 0) is 12.8 Å². The highest BCUT2D eigenvalue weighted by Crippen LogP contribution is 2.26. The zero-order valence-electron chi connectivity index (χ0n) is 9.89. The fourth-order valence-electron chi connectivity index (χ4n) is 2.27. The van der Waals surface area contributed by atoms with Crippen molar-refractivity contribution in [3.63, 3.8) is 0 Å². The Morgan fingerprint density at radius 1 is 1.06 bits per heavy atom. The van der Waals surface area contributed by atoms with E-state index in [9.17, 15) is 4.79 Å². The molecule has 4 heteroatoms. The van der Waals surface area contributed by atoms with Crippen molar-refractivity contribution in [1.29, 1.82) is 0 Å². The zero-order chi connectivity index (χ0) is 12.5. The van der Waals surface area contributed by atoms with Crippen molar-refractivity contribution >= 4 is 11.6 Å². The molecule has 3 rings (SSSR count). The summed E-state index contributed by atoms with van der Waals surface area (Å²) in [5.74, 6) is 0.971. The minimum Gasteiger partial charge on any atom is -0.383 e. The van der Waals surface area contributed by atoms with Crippen molar-refractivity contribution in [2.75, 3.05) is 5.73 Å². The van der Waals surface area contributed by atoms with E-state index in [1.54, 1.807) is 0 Å². The Balaban J connectivity index is 2.15. The lowest BCUT2D eigenvalue weighted by atomic mass is 9.95. The molecule has 2 N–H and O–H groups in total. The second-order valence-corrected chi connectivity index (χ2v) is 4.40. The van der Waals surface area contributed by atoms with Gasteiger partial charge in [0.05, 0.1) is 11.3 Å². The quantitative estimate of drug-likeness (QED) is 0.828. The van der Waals surface area contributed by atoms with Gasteiger partial charge in [0.15, 0.2) is 11.6 Å². The monoisotopic (exact) mass is 239 g/mol. The number of nitrogens with two attached hydrogens (primary N) is 1. The number of nitrogen functional groups attached to an aromatic ring is 1. The summed E-state index contributed by atoms with van der Waals surface area (Å²) in [5.41, 5.74) is 8.14. The molecule has 90 valence electrons. The van der Waals surface area contributed by atoms with E-state index < -0.39 is 0 Å². The van der Waals surface area contributed by atoms with Gasteiger partial charge < -0.3 is 5.73 Å². The second kappa shape index (κ2) is 4.22. The van der Waals surface area contributed by atoms with Crippen LogP contribution in [0, 0.1) is 0 Å². The number of Topliss-reactive ketones (excluding diaryl/α,β-unsaturated/α-hetero) is 1. The topological polar surface area (TPSA) is 68.9 Å². The molecular weight excluding hydrogens is 226 g/mol. The molecule has 18 heavy (non-hydrogen) atoms. The molecule has 0 aliphatic heterocycles. The molecule has 2 aromatic rings. The van der Waals surface area contributed by atoms with Crippen LogP contribution in [0.2, 0.25) is 0 Å². The molecule has 0 atom stereocenters. The number of nitrogens with zero attached hydrogens (tertiary/aromatic N) is 2. The Morgan fingerprint density at radius 2 is 1.83 bits per heavy atom. The van der Waals surface area contributed by atoms with Crippen LogP contribution in [0.4, 0.5) is 5.82 Å². The lowest BCUT2D eigenvalue weighted by Crippen LogP contribution is -2.17. The maximum Gasteiger partial charge on any atom is 0.168 e. The lowest BCUT2D eigenvalue weighted by molar-refractivity contribution is 0.0972. The number of carbonyl (C=O) groups is 1. The molecule has 1 aromatic carbocycles. The van der Waals surface area contributed by atoms with Crippen molar-refractivity contribution in [1.82, 2.24) is 9.97 Å². The Morgan fingerprint density at radius 3 is 2.61 bits per heavy atom. The second-order valence-electron chi connectivity index (χ2n) is 4.40. The van der Waals surface area contributed by atoms with Crippen molar-refractivity contribution in [2.45, 2.75) is 19.3 Å². The van der Waals surface area contributed by atoms with Crippen LogP contribution in [0.15, 0.2) is 30.3 Å². The third-order valence-corrected chi connectivity index (χ3v) is 3.14. The molecule has 4 nitrogen and oxygen atoms in total. The van der Waals surface area contributed by atoms with E-state index in [-0.39, 0.29) is 5.78 Å². The first-order chi connectivity index (χ1) is 8.75. The first-order valence-electron chi connectivity index (χ1n) is 6.01. The van der Waals surface area contributed by atoms with Gasteiger partial charge in [0.2, 0.25) is 0 Å². The van der Waals surface area contributed by atoms with E-state index >= 15 is 0 Å². The molecule has 1 aliphatic rings. The lowest BCUT2D eigenvalue weighted by Gasteiger charge is -2.16. The molecule has 0 spiro atoms. The first kappa shape index (κ1) is 10.9. The van der Waals surface area contributed by atoms with E-state index in [1.165, 1.54) is 0 Å². The van der Waals surface area contributed by atoms with Crippen LogP contribution in [0.1, 0.15) is 28.9 Å². The Kier molecular flexibility index (Phi) is 2.55. The van der Waals surface area contributed by atoms with Crippen molar-refractivity contribution < 1.29 is 4.79 Å². The summed E-state index contributed by atoms with van der Waals surface area (Å²) < 4.78 is 0. The van der Waals surface area contributed by atoms with Crippen LogP contribution in [-0.2, 0) is 6.42 Å². The van der Waals surface area contributed by atoms with Crippen LogP contribution in [-0.4, -0.2) is 15.8 Å². The Hall–Kier alpha value is -2.23. The summed E-state index contributed by atoms with van der Waals surface area (Å²) >= 11 is 0. The molecule has 0 amide bonds. The van der Waals surface area contributed by atoms with Gasteiger partial charge in [-0.1, -0.05) is 30.3 Å². The smallest absolute Gasteiger partial charge is 0.168 e. The number of fused-ring (bicyclic) bond motifs is 1. The first-order valence-corrected chi connectivity index (χ1v) is 6.01. The number of rotatable bonds is 1. The molecule has 0 unspecified atom stereocenters. The van der Waals surface area contributed by atoms with Gasteiger partial charge in [0.1, 0.15) is 5.82 Å². The van der Waals surface area contributed by atoms with E-state index in [0.29, 0.717) is 23.6 Å². The van der Waals surface area contributed by atoms with E-state index in [1.807, 2.05) is 30.3 Å². The molecule has 1 aromatic heterocycles. The molecule has 0 bridgehead atoms. The number of anilines is 1. The number of aryl methyl sites for hydroxylation is 1. The molecule has 0 saturated heterocycles. The fraction of sp³-hybridized carbons (Fsp3) is 0.214. The third kappa shape index (κ3) is 1.76. The molecule has 1 aliphatic carbocycles. The number of hydrogen-bond donors (Lipinski definition) is 1. The fourth-order valence-corrected chi connectivity index (χ4v) is 2.27. The largest absolute Gasteiger partial charge is 0.383 e. The number of carbonyl (C=O) groups excluding carboxylic acids is 1. The summed E-state index contributed by atoms with van der Waals surface area (Å²) in [7, 11) is 0. The molecule has 0 saturated carbocycles. The highest BCUT2D eigenvalue weighted by atomic mass is 16.1. The number of ketones is 1. The standard InChI is InChI=1S/C14H13N3O/c15-13-12-10(7-4-8-11(12)18)16-14(17-13)9-5-2-1-3-6-9/h1-3,5-6H,4,7-8H2,(H2,15,16,17). The van der Waals surface area contributed by atoms with Crippen LogP contribution >= 0.6 is 0 Å². The molecule has 1 heterocycles. The van der Waals surface area contributed by atoms with Gasteiger partial charge in [-0.15, -0.1) is 0 Å². The van der Waals surface area contributed by atoms with Crippen LogP contribution in [0.5, 0.6) is 0 Å².